The highest BCUT2D eigenvalue weighted by Gasteiger charge is 2.50. The Morgan fingerprint density at radius 1 is 1.24 bits per heavy atom. The van der Waals surface area contributed by atoms with Crippen LogP contribution < -0.4 is 0 Å². The van der Waals surface area contributed by atoms with E-state index in [-0.39, 0.29) is 35.9 Å². The molecule has 9 heteroatoms. The van der Waals surface area contributed by atoms with Gasteiger partial charge in [-0.3, -0.25) is 0 Å². The molecule has 1 saturated heterocycles. The minimum atomic E-state index is -3.30. The van der Waals surface area contributed by atoms with Crippen LogP contribution >= 0.6 is 0 Å². The number of sulfonamides is 1. The summed E-state index contributed by atoms with van der Waals surface area (Å²) in [6.45, 7) is 3.17. The lowest BCUT2D eigenvalue weighted by atomic mass is 9.80. The summed E-state index contributed by atoms with van der Waals surface area (Å²) in [5.74, 6) is -2.66. The van der Waals surface area contributed by atoms with Gasteiger partial charge in [0.25, 0.3) is 5.92 Å². The number of rotatable bonds is 7. The highest BCUT2D eigenvalue weighted by molar-refractivity contribution is 7.88. The number of benzene rings is 1. The van der Waals surface area contributed by atoms with Gasteiger partial charge in [0.15, 0.2) is 0 Å². The third-order valence-electron chi connectivity index (χ3n) is 7.98. The van der Waals surface area contributed by atoms with E-state index in [0.717, 1.165) is 36.8 Å². The number of hydrogen-bond acceptors (Lipinski definition) is 3. The van der Waals surface area contributed by atoms with Crippen molar-refractivity contribution in [2.45, 2.75) is 76.8 Å². The van der Waals surface area contributed by atoms with Crippen LogP contribution in [0.2, 0.25) is 0 Å². The second-order valence-electron chi connectivity index (χ2n) is 10.5. The molecule has 2 fully saturated rings. The molecular formula is C24H34F2N2O4S. The fourth-order valence-corrected chi connectivity index (χ4v) is 6.31. The number of piperidine rings is 1. The Bertz CT molecular complexity index is 1010. The number of carboxylic acid groups (broad SMARTS) is 1. The Kier molecular flexibility index (Phi) is 6.50. The Labute approximate surface area is 195 Å². The van der Waals surface area contributed by atoms with Crippen molar-refractivity contribution in [1.29, 1.82) is 0 Å². The fraction of sp³-hybridized carbons (Fsp3) is 0.708. The average Bonchev–Trinajstić information content (AvgIpc) is 3.50. The zero-order valence-corrected chi connectivity index (χ0v) is 20.2. The number of likely N-dealkylation sites (tertiary alicyclic amines) is 1. The lowest BCUT2D eigenvalue weighted by Crippen LogP contribution is -2.49. The smallest absolute Gasteiger partial charge is 0.407 e. The second kappa shape index (κ2) is 8.80. The molecule has 0 spiro atoms. The molecule has 4 rings (SSSR count). The van der Waals surface area contributed by atoms with Crippen molar-refractivity contribution < 1.29 is 27.1 Å². The Balaban J connectivity index is 1.34. The number of alkyl halides is 2. The van der Waals surface area contributed by atoms with Crippen LogP contribution in [-0.4, -0.2) is 54.2 Å². The van der Waals surface area contributed by atoms with Crippen LogP contribution in [0.3, 0.4) is 0 Å². The minimum Gasteiger partial charge on any atom is -0.465 e. The number of fused-ring (bicyclic) bond motifs is 1. The van der Waals surface area contributed by atoms with Gasteiger partial charge in [0.2, 0.25) is 10.0 Å². The molecule has 0 radical (unpaired) electrons. The maximum Gasteiger partial charge on any atom is 0.407 e. The molecule has 2 aliphatic heterocycles. The molecule has 1 N–H and O–H groups in total. The fourth-order valence-electron chi connectivity index (χ4n) is 5.52. The predicted molar refractivity (Wildman–Crippen MR) is 122 cm³/mol. The molecule has 1 amide bonds. The molecule has 0 aromatic heterocycles. The Morgan fingerprint density at radius 2 is 1.97 bits per heavy atom. The molecule has 1 aliphatic carbocycles. The van der Waals surface area contributed by atoms with E-state index in [1.807, 2.05) is 0 Å². The maximum absolute atomic E-state index is 15.0. The Hall–Kier alpha value is -1.74. The predicted octanol–water partition coefficient (Wildman–Crippen LogP) is 4.83. The Morgan fingerprint density at radius 3 is 2.61 bits per heavy atom. The molecule has 1 aromatic rings. The van der Waals surface area contributed by atoms with Crippen LogP contribution in [0.5, 0.6) is 0 Å². The first-order valence-electron chi connectivity index (χ1n) is 11.8. The zero-order chi connectivity index (χ0) is 24.0. The summed E-state index contributed by atoms with van der Waals surface area (Å²) in [6.07, 6.45) is 5.15. The molecule has 33 heavy (non-hydrogen) atoms. The van der Waals surface area contributed by atoms with E-state index >= 15 is 0 Å². The van der Waals surface area contributed by atoms with E-state index in [2.05, 4.69) is 6.92 Å². The van der Waals surface area contributed by atoms with E-state index in [1.54, 1.807) is 17.0 Å². The van der Waals surface area contributed by atoms with Gasteiger partial charge in [0.05, 0.1) is 6.26 Å². The number of halogens is 2. The SMILES string of the molecule is CC1(C2CC(CCCC(F)(F)c3ccc4c(c3)CCN(S(C)(=O)=O)C4)CCN2C(=O)O)CC1. The normalized spacial score (nSPS) is 25.5. The molecule has 2 heterocycles. The highest BCUT2D eigenvalue weighted by atomic mass is 32.2. The van der Waals surface area contributed by atoms with Crippen molar-refractivity contribution in [3.8, 4) is 0 Å². The molecule has 2 atom stereocenters. The number of hydrogen-bond donors (Lipinski definition) is 1. The standard InChI is InChI=1S/C24H34F2N2O4S/c1-23(10-11-23)21-14-17(7-13-28(21)22(29)30)4-3-9-24(25,26)20-6-5-19-16-27(33(2,31)32)12-8-18(19)15-20/h5-6,15,17,21H,3-4,7-14,16H2,1-2H3,(H,29,30). The van der Waals surface area contributed by atoms with E-state index < -0.39 is 22.0 Å². The van der Waals surface area contributed by atoms with Crippen molar-refractivity contribution in [3.05, 3.63) is 34.9 Å². The summed E-state index contributed by atoms with van der Waals surface area (Å²) >= 11 is 0. The van der Waals surface area contributed by atoms with Gasteiger partial charge in [-0.2, -0.15) is 4.31 Å². The molecule has 2 unspecified atom stereocenters. The summed E-state index contributed by atoms with van der Waals surface area (Å²) < 4.78 is 54.9. The monoisotopic (exact) mass is 484 g/mol. The van der Waals surface area contributed by atoms with Gasteiger partial charge in [0.1, 0.15) is 0 Å². The molecule has 0 bridgehead atoms. The van der Waals surface area contributed by atoms with Gasteiger partial charge >= 0.3 is 6.09 Å². The van der Waals surface area contributed by atoms with Gasteiger partial charge in [-0.05, 0) is 67.1 Å². The van der Waals surface area contributed by atoms with Crippen molar-refractivity contribution in [1.82, 2.24) is 9.21 Å². The van der Waals surface area contributed by atoms with Crippen molar-refractivity contribution in [3.63, 3.8) is 0 Å². The summed E-state index contributed by atoms with van der Waals surface area (Å²) in [7, 11) is -3.30. The highest BCUT2D eigenvalue weighted by Crippen LogP contribution is 2.53. The van der Waals surface area contributed by atoms with Gasteiger partial charge < -0.3 is 10.0 Å². The lowest BCUT2D eigenvalue weighted by molar-refractivity contribution is -0.0182. The van der Waals surface area contributed by atoms with Crippen LogP contribution in [0, 0.1) is 11.3 Å². The van der Waals surface area contributed by atoms with E-state index in [4.69, 9.17) is 0 Å². The summed E-state index contributed by atoms with van der Waals surface area (Å²) in [5, 5.41) is 9.53. The van der Waals surface area contributed by atoms with E-state index in [9.17, 15) is 27.1 Å². The number of carbonyl (C=O) groups is 1. The second-order valence-corrected chi connectivity index (χ2v) is 12.4. The number of amides is 1. The zero-order valence-electron chi connectivity index (χ0n) is 19.4. The van der Waals surface area contributed by atoms with Crippen LogP contribution in [-0.2, 0) is 28.9 Å². The van der Waals surface area contributed by atoms with Gasteiger partial charge in [-0.1, -0.05) is 25.5 Å². The van der Waals surface area contributed by atoms with Crippen molar-refractivity contribution in [2.75, 3.05) is 19.3 Å². The summed E-state index contributed by atoms with van der Waals surface area (Å²) in [4.78, 5) is 13.2. The van der Waals surface area contributed by atoms with Crippen LogP contribution in [0.25, 0.3) is 0 Å². The molecule has 1 aromatic carbocycles. The summed E-state index contributed by atoms with van der Waals surface area (Å²) in [5.41, 5.74) is 1.64. The molecule has 6 nitrogen and oxygen atoms in total. The largest absolute Gasteiger partial charge is 0.465 e. The first kappa shape index (κ1) is 24.4. The topological polar surface area (TPSA) is 77.9 Å². The maximum atomic E-state index is 15.0. The third-order valence-corrected chi connectivity index (χ3v) is 9.23. The molecule has 3 aliphatic rings. The van der Waals surface area contributed by atoms with E-state index in [1.165, 1.54) is 16.6 Å². The van der Waals surface area contributed by atoms with Crippen molar-refractivity contribution in [2.24, 2.45) is 11.3 Å². The average molecular weight is 485 g/mol. The summed E-state index contributed by atoms with van der Waals surface area (Å²) in [6, 6.07) is 4.62. The number of nitrogens with zero attached hydrogens (tertiary/aromatic N) is 2. The van der Waals surface area contributed by atoms with Crippen LogP contribution in [0.15, 0.2) is 18.2 Å². The molecule has 1 saturated carbocycles. The van der Waals surface area contributed by atoms with Crippen LogP contribution in [0.1, 0.15) is 68.6 Å². The third kappa shape index (κ3) is 5.34. The van der Waals surface area contributed by atoms with Crippen LogP contribution in [0.4, 0.5) is 13.6 Å². The van der Waals surface area contributed by atoms with Crippen molar-refractivity contribution >= 4 is 16.1 Å². The first-order chi connectivity index (χ1) is 15.4. The van der Waals surface area contributed by atoms with Gasteiger partial charge in [-0.25, -0.2) is 22.0 Å². The van der Waals surface area contributed by atoms with E-state index in [0.29, 0.717) is 32.4 Å². The molecule has 184 valence electrons. The minimum absolute atomic E-state index is 0.00130. The lowest BCUT2D eigenvalue weighted by Gasteiger charge is -2.41. The van der Waals surface area contributed by atoms with Gasteiger partial charge in [-0.15, -0.1) is 0 Å². The quantitative estimate of drug-likeness (QED) is 0.602. The first-order valence-corrected chi connectivity index (χ1v) is 13.7. The molecular weight excluding hydrogens is 450 g/mol. The van der Waals surface area contributed by atoms with Gasteiger partial charge in [0, 0.05) is 37.7 Å².